The Labute approximate surface area is 179 Å². The molecule has 158 valence electrons. The van der Waals surface area contributed by atoms with Crippen LogP contribution in [0.3, 0.4) is 0 Å². The van der Waals surface area contributed by atoms with E-state index in [0.717, 1.165) is 16.7 Å². The summed E-state index contributed by atoms with van der Waals surface area (Å²) in [6.07, 6.45) is 1.39. The number of rotatable bonds is 6. The monoisotopic (exact) mass is 419 g/mol. The predicted molar refractivity (Wildman–Crippen MR) is 117 cm³/mol. The van der Waals surface area contributed by atoms with Crippen LogP contribution in [0.2, 0.25) is 0 Å². The quantitative estimate of drug-likeness (QED) is 0.359. The zero-order valence-electron chi connectivity index (χ0n) is 17.2. The van der Waals surface area contributed by atoms with E-state index in [-0.39, 0.29) is 12.4 Å². The topological polar surface area (TPSA) is 79.8 Å². The molecule has 3 aromatic rings. The van der Waals surface area contributed by atoms with Gasteiger partial charge >= 0.3 is 11.8 Å². The number of benzene rings is 3. The number of carbonyl (C=O) groups excluding carboxylic acids is 2. The van der Waals surface area contributed by atoms with Crippen LogP contribution < -0.4 is 15.5 Å². The molecule has 0 spiro atoms. The van der Waals surface area contributed by atoms with E-state index < -0.39 is 11.8 Å². The van der Waals surface area contributed by atoms with Gasteiger partial charge in [0.25, 0.3) is 0 Å². The highest BCUT2D eigenvalue weighted by Crippen LogP contribution is 2.19. The summed E-state index contributed by atoms with van der Waals surface area (Å²) in [6.45, 7) is 3.94. The first kappa shape index (κ1) is 21.7. The van der Waals surface area contributed by atoms with Crippen molar-refractivity contribution in [1.82, 2.24) is 5.43 Å². The summed E-state index contributed by atoms with van der Waals surface area (Å²) in [7, 11) is 0. The largest absolute Gasteiger partial charge is 0.488 e. The highest BCUT2D eigenvalue weighted by molar-refractivity contribution is 6.39. The molecule has 2 amide bonds. The van der Waals surface area contributed by atoms with Gasteiger partial charge in [0.05, 0.1) is 6.21 Å². The van der Waals surface area contributed by atoms with Crippen molar-refractivity contribution in [2.75, 3.05) is 5.32 Å². The first-order valence-corrected chi connectivity index (χ1v) is 9.61. The number of ether oxygens (including phenoxy) is 1. The molecule has 7 heteroatoms. The third-order valence-corrected chi connectivity index (χ3v) is 4.52. The van der Waals surface area contributed by atoms with Gasteiger partial charge in [-0.1, -0.05) is 42.5 Å². The summed E-state index contributed by atoms with van der Waals surface area (Å²) in [4.78, 5) is 24.2. The minimum atomic E-state index is -0.886. The molecule has 0 aliphatic carbocycles. The summed E-state index contributed by atoms with van der Waals surface area (Å²) in [5.74, 6) is -1.47. The van der Waals surface area contributed by atoms with Gasteiger partial charge in [-0.05, 0) is 54.8 Å². The molecule has 31 heavy (non-hydrogen) atoms. The van der Waals surface area contributed by atoms with Gasteiger partial charge < -0.3 is 10.1 Å². The Morgan fingerprint density at radius 1 is 0.935 bits per heavy atom. The lowest BCUT2D eigenvalue weighted by molar-refractivity contribution is -0.136. The number of hydrogen-bond acceptors (Lipinski definition) is 4. The summed E-state index contributed by atoms with van der Waals surface area (Å²) >= 11 is 0. The number of carbonyl (C=O) groups is 2. The van der Waals surface area contributed by atoms with Crippen molar-refractivity contribution in [2.45, 2.75) is 20.5 Å². The molecule has 0 heterocycles. The maximum atomic E-state index is 13.0. The smallest absolute Gasteiger partial charge is 0.329 e. The molecular weight excluding hydrogens is 397 g/mol. The second kappa shape index (κ2) is 10.2. The fourth-order valence-electron chi connectivity index (χ4n) is 2.85. The number of hydrogen-bond donors (Lipinski definition) is 2. The SMILES string of the molecule is Cc1cccc(C)c1NC(=O)C(=O)N/N=C\c1ccccc1OCc1ccc(F)cc1. The second-order valence-corrected chi connectivity index (χ2v) is 6.87. The van der Waals surface area contributed by atoms with Crippen molar-refractivity contribution < 1.29 is 18.7 Å². The van der Waals surface area contributed by atoms with Crippen LogP contribution in [0.15, 0.2) is 71.8 Å². The molecule has 0 bridgehead atoms. The minimum absolute atomic E-state index is 0.246. The van der Waals surface area contributed by atoms with Gasteiger partial charge in [0.2, 0.25) is 0 Å². The minimum Gasteiger partial charge on any atom is -0.488 e. The average Bonchev–Trinajstić information content (AvgIpc) is 2.76. The van der Waals surface area contributed by atoms with Gasteiger partial charge in [-0.2, -0.15) is 5.10 Å². The number of nitrogens with one attached hydrogen (secondary N) is 2. The van der Waals surface area contributed by atoms with E-state index in [1.807, 2.05) is 32.0 Å². The van der Waals surface area contributed by atoms with Crippen LogP contribution >= 0.6 is 0 Å². The number of hydrazone groups is 1. The Balaban J connectivity index is 1.59. The van der Waals surface area contributed by atoms with E-state index in [4.69, 9.17) is 4.74 Å². The normalized spacial score (nSPS) is 10.7. The number of nitrogens with zero attached hydrogens (tertiary/aromatic N) is 1. The molecule has 0 aliphatic rings. The van der Waals surface area contributed by atoms with Crippen molar-refractivity contribution in [3.8, 4) is 5.75 Å². The van der Waals surface area contributed by atoms with Crippen LogP contribution in [0.5, 0.6) is 5.75 Å². The molecule has 0 radical (unpaired) electrons. The zero-order valence-corrected chi connectivity index (χ0v) is 17.2. The van der Waals surface area contributed by atoms with E-state index in [9.17, 15) is 14.0 Å². The Hall–Kier alpha value is -4.00. The lowest BCUT2D eigenvalue weighted by atomic mass is 10.1. The third-order valence-electron chi connectivity index (χ3n) is 4.52. The van der Waals surface area contributed by atoms with Crippen LogP contribution in [-0.4, -0.2) is 18.0 Å². The van der Waals surface area contributed by atoms with Crippen LogP contribution in [0, 0.1) is 19.7 Å². The van der Waals surface area contributed by atoms with Crippen LogP contribution in [-0.2, 0) is 16.2 Å². The number of amides is 2. The fourth-order valence-corrected chi connectivity index (χ4v) is 2.85. The van der Waals surface area contributed by atoms with Gasteiger partial charge in [-0.25, -0.2) is 9.82 Å². The Bertz CT molecular complexity index is 1090. The van der Waals surface area contributed by atoms with E-state index in [2.05, 4.69) is 15.8 Å². The Kier molecular flexibility index (Phi) is 7.11. The van der Waals surface area contributed by atoms with E-state index >= 15 is 0 Å². The molecule has 0 aromatic heterocycles. The molecule has 0 saturated heterocycles. The predicted octanol–water partition coefficient (Wildman–Crippen LogP) is 4.11. The maximum Gasteiger partial charge on any atom is 0.329 e. The van der Waals surface area contributed by atoms with E-state index in [0.29, 0.717) is 17.0 Å². The molecule has 2 N–H and O–H groups in total. The molecular formula is C24H22FN3O3. The fraction of sp³-hybridized carbons (Fsp3) is 0.125. The van der Waals surface area contributed by atoms with Gasteiger partial charge in [-0.15, -0.1) is 0 Å². The van der Waals surface area contributed by atoms with Crippen molar-refractivity contribution in [1.29, 1.82) is 0 Å². The molecule has 6 nitrogen and oxygen atoms in total. The molecule has 0 saturated carbocycles. The van der Waals surface area contributed by atoms with Gasteiger partial charge in [0.1, 0.15) is 18.2 Å². The molecule has 3 aromatic carbocycles. The van der Waals surface area contributed by atoms with Crippen molar-refractivity contribution in [3.05, 3.63) is 94.8 Å². The maximum absolute atomic E-state index is 13.0. The van der Waals surface area contributed by atoms with Gasteiger partial charge in [0.15, 0.2) is 0 Å². The Morgan fingerprint density at radius 2 is 1.61 bits per heavy atom. The number of halogens is 1. The summed E-state index contributed by atoms with van der Waals surface area (Å²) in [6, 6.07) is 18.7. The average molecular weight is 419 g/mol. The van der Waals surface area contributed by atoms with Crippen LogP contribution in [0.4, 0.5) is 10.1 Å². The third kappa shape index (κ3) is 5.99. The van der Waals surface area contributed by atoms with Gasteiger partial charge in [-0.3, -0.25) is 9.59 Å². The van der Waals surface area contributed by atoms with Crippen molar-refractivity contribution in [3.63, 3.8) is 0 Å². The highest BCUT2D eigenvalue weighted by Gasteiger charge is 2.15. The van der Waals surface area contributed by atoms with E-state index in [1.54, 1.807) is 36.4 Å². The lowest BCUT2D eigenvalue weighted by Gasteiger charge is -2.10. The number of para-hydroxylation sites is 2. The van der Waals surface area contributed by atoms with Crippen LogP contribution in [0.1, 0.15) is 22.3 Å². The highest BCUT2D eigenvalue weighted by atomic mass is 19.1. The lowest BCUT2D eigenvalue weighted by Crippen LogP contribution is -2.32. The zero-order chi connectivity index (χ0) is 22.2. The van der Waals surface area contributed by atoms with Crippen molar-refractivity contribution in [2.24, 2.45) is 5.10 Å². The Morgan fingerprint density at radius 3 is 2.32 bits per heavy atom. The first-order chi connectivity index (χ1) is 14.9. The van der Waals surface area contributed by atoms with Gasteiger partial charge in [0, 0.05) is 11.3 Å². The standard InChI is InChI=1S/C24H22FN3O3/c1-16-6-5-7-17(2)22(16)27-23(29)24(30)28-26-14-19-8-3-4-9-21(19)31-15-18-10-12-20(25)13-11-18/h3-14H,15H2,1-2H3,(H,27,29)(H,28,30)/b26-14-. The first-order valence-electron chi connectivity index (χ1n) is 9.61. The van der Waals surface area contributed by atoms with E-state index in [1.165, 1.54) is 18.3 Å². The number of anilines is 1. The molecule has 0 atom stereocenters. The molecule has 0 fully saturated rings. The molecule has 0 aliphatic heterocycles. The molecule has 0 unspecified atom stereocenters. The van der Waals surface area contributed by atoms with Crippen molar-refractivity contribution >= 4 is 23.7 Å². The summed E-state index contributed by atoms with van der Waals surface area (Å²) in [5, 5.41) is 6.47. The van der Waals surface area contributed by atoms with Crippen LogP contribution in [0.25, 0.3) is 0 Å². The summed E-state index contributed by atoms with van der Waals surface area (Å²) < 4.78 is 18.8. The second-order valence-electron chi connectivity index (χ2n) is 6.87. The summed E-state index contributed by atoms with van der Waals surface area (Å²) in [5.41, 5.74) is 5.96. The number of aryl methyl sites for hydroxylation is 2. The molecule has 3 rings (SSSR count).